The molecule has 110 valence electrons. The van der Waals surface area contributed by atoms with Crippen LogP contribution in [0.25, 0.3) is 11.1 Å². The highest BCUT2D eigenvalue weighted by Gasteiger charge is 2.02. The number of aromatic nitrogens is 2. The first-order chi connectivity index (χ1) is 10.6. The van der Waals surface area contributed by atoms with Crippen LogP contribution in [0.5, 0.6) is 0 Å². The van der Waals surface area contributed by atoms with Gasteiger partial charge in [0.15, 0.2) is 0 Å². The Kier molecular flexibility index (Phi) is 4.13. The van der Waals surface area contributed by atoms with E-state index in [0.717, 1.165) is 21.8 Å². The van der Waals surface area contributed by atoms with Gasteiger partial charge in [0.05, 0.1) is 0 Å². The van der Waals surface area contributed by atoms with Crippen LogP contribution in [0.3, 0.4) is 0 Å². The first-order valence-corrected chi connectivity index (χ1v) is 7.29. The van der Waals surface area contributed by atoms with E-state index in [1.165, 1.54) is 0 Å². The monoisotopic (exact) mass is 330 g/mol. The highest BCUT2D eigenvalue weighted by Crippen LogP contribution is 2.24. The summed E-state index contributed by atoms with van der Waals surface area (Å²) in [7, 11) is 0. The Hall–Kier alpha value is -2.30. The van der Waals surface area contributed by atoms with E-state index in [0.29, 0.717) is 11.0 Å². The van der Waals surface area contributed by atoms with E-state index in [4.69, 9.17) is 28.9 Å². The van der Waals surface area contributed by atoms with E-state index in [1.807, 2.05) is 48.5 Å². The van der Waals surface area contributed by atoms with Crippen LogP contribution in [-0.2, 0) is 0 Å². The highest BCUT2D eigenvalue weighted by molar-refractivity contribution is 6.30. The minimum Gasteiger partial charge on any atom is -0.368 e. The third-order valence-corrected chi connectivity index (χ3v) is 3.49. The molecule has 0 aliphatic rings. The molecule has 0 spiro atoms. The average Bonchev–Trinajstić information content (AvgIpc) is 2.48. The van der Waals surface area contributed by atoms with Crippen molar-refractivity contribution in [2.75, 3.05) is 11.1 Å². The molecule has 0 radical (unpaired) electrons. The van der Waals surface area contributed by atoms with Gasteiger partial charge in [0.25, 0.3) is 0 Å². The molecule has 1 heterocycles. The van der Waals surface area contributed by atoms with Gasteiger partial charge in [-0.15, -0.1) is 0 Å². The number of hydrogen-bond acceptors (Lipinski definition) is 4. The first kappa shape index (κ1) is 14.6. The molecule has 2 aromatic carbocycles. The van der Waals surface area contributed by atoms with E-state index in [1.54, 1.807) is 6.07 Å². The normalized spacial score (nSPS) is 10.5. The fourth-order valence-electron chi connectivity index (χ4n) is 2.04. The van der Waals surface area contributed by atoms with Crippen LogP contribution in [0.1, 0.15) is 0 Å². The number of nitrogens with zero attached hydrogens (tertiary/aromatic N) is 2. The van der Waals surface area contributed by atoms with Gasteiger partial charge in [-0.05, 0) is 35.4 Å². The number of benzene rings is 2. The molecule has 0 aliphatic heterocycles. The number of hydrogen-bond donors (Lipinski definition) is 2. The molecule has 22 heavy (non-hydrogen) atoms. The molecule has 6 heteroatoms. The number of nitrogens with one attached hydrogen (secondary N) is 1. The lowest BCUT2D eigenvalue weighted by atomic mass is 10.1. The number of nitrogen functional groups attached to an aromatic ring is 1. The van der Waals surface area contributed by atoms with Crippen molar-refractivity contribution in [3.05, 3.63) is 64.8 Å². The lowest BCUT2D eigenvalue weighted by Gasteiger charge is -2.08. The van der Waals surface area contributed by atoms with Crippen molar-refractivity contribution in [3.63, 3.8) is 0 Å². The molecule has 0 saturated carbocycles. The van der Waals surface area contributed by atoms with Gasteiger partial charge in [-0.1, -0.05) is 47.5 Å². The largest absolute Gasteiger partial charge is 0.368 e. The molecule has 0 bridgehead atoms. The number of nitrogens with two attached hydrogens (primary N) is 1. The van der Waals surface area contributed by atoms with E-state index < -0.39 is 0 Å². The molecule has 0 saturated heterocycles. The Labute approximate surface area is 137 Å². The molecule has 0 aliphatic carbocycles. The van der Waals surface area contributed by atoms with Crippen molar-refractivity contribution in [3.8, 4) is 11.1 Å². The lowest BCUT2D eigenvalue weighted by molar-refractivity contribution is 1.18. The fraction of sp³-hybridized carbons (Fsp3) is 0. The Bertz CT molecular complexity index is 766. The van der Waals surface area contributed by atoms with Gasteiger partial charge in [-0.3, -0.25) is 0 Å². The molecule has 1 aromatic heterocycles. The summed E-state index contributed by atoms with van der Waals surface area (Å²) in [5.41, 5.74) is 8.65. The third-order valence-electron chi connectivity index (χ3n) is 3.05. The average molecular weight is 331 g/mol. The fourth-order valence-corrected chi connectivity index (χ4v) is 2.35. The zero-order valence-corrected chi connectivity index (χ0v) is 12.9. The number of halogens is 2. The summed E-state index contributed by atoms with van der Waals surface area (Å²) in [4.78, 5) is 7.89. The Morgan fingerprint density at radius 1 is 0.818 bits per heavy atom. The number of anilines is 3. The second-order valence-corrected chi connectivity index (χ2v) is 5.47. The van der Waals surface area contributed by atoms with Gasteiger partial charge in [-0.2, -0.15) is 4.98 Å². The van der Waals surface area contributed by atoms with Crippen molar-refractivity contribution in [2.24, 2.45) is 0 Å². The maximum atomic E-state index is 5.90. The first-order valence-electron chi connectivity index (χ1n) is 6.53. The molecule has 3 N–H and O–H groups in total. The summed E-state index contributed by atoms with van der Waals surface area (Å²) in [6.45, 7) is 0. The molecule has 0 fully saturated rings. The van der Waals surface area contributed by atoms with Crippen molar-refractivity contribution >= 4 is 40.7 Å². The van der Waals surface area contributed by atoms with Gasteiger partial charge in [0, 0.05) is 16.8 Å². The van der Waals surface area contributed by atoms with Crippen LogP contribution >= 0.6 is 23.2 Å². The molecule has 3 aromatic rings. The van der Waals surface area contributed by atoms with Gasteiger partial charge < -0.3 is 11.1 Å². The maximum Gasteiger partial charge on any atom is 0.223 e. The van der Waals surface area contributed by atoms with E-state index in [2.05, 4.69) is 15.3 Å². The summed E-state index contributed by atoms with van der Waals surface area (Å²) in [6, 6.07) is 17.3. The van der Waals surface area contributed by atoms with Crippen LogP contribution in [0.15, 0.2) is 54.6 Å². The van der Waals surface area contributed by atoms with E-state index >= 15 is 0 Å². The minimum atomic E-state index is 0.132. The second-order valence-electron chi connectivity index (χ2n) is 4.64. The zero-order chi connectivity index (χ0) is 15.5. The van der Waals surface area contributed by atoms with Crippen molar-refractivity contribution in [2.45, 2.75) is 0 Å². The molecular formula is C16H12Cl2N4. The predicted molar refractivity (Wildman–Crippen MR) is 91.6 cm³/mol. The van der Waals surface area contributed by atoms with Gasteiger partial charge in [0.2, 0.25) is 5.95 Å². The molecular weight excluding hydrogens is 319 g/mol. The summed E-state index contributed by atoms with van der Waals surface area (Å²) in [5, 5.41) is 4.16. The second kappa shape index (κ2) is 6.22. The molecule has 4 nitrogen and oxygen atoms in total. The van der Waals surface area contributed by atoms with Crippen molar-refractivity contribution in [1.29, 1.82) is 0 Å². The van der Waals surface area contributed by atoms with Gasteiger partial charge >= 0.3 is 0 Å². The minimum absolute atomic E-state index is 0.132. The standard InChI is InChI=1S/C16H12Cl2N4/c17-12-5-1-10(2-6-12)11-3-7-13(8-4-11)20-15-9-14(18)21-16(19)22-15/h1-9H,(H3,19,20,21,22). The van der Waals surface area contributed by atoms with E-state index in [-0.39, 0.29) is 5.95 Å². The highest BCUT2D eigenvalue weighted by atomic mass is 35.5. The maximum absolute atomic E-state index is 5.90. The Balaban J connectivity index is 1.80. The van der Waals surface area contributed by atoms with Gasteiger partial charge in [-0.25, -0.2) is 4.98 Å². The quantitative estimate of drug-likeness (QED) is 0.678. The summed E-state index contributed by atoms with van der Waals surface area (Å²) >= 11 is 11.7. The third kappa shape index (κ3) is 3.47. The Morgan fingerprint density at radius 3 is 2.00 bits per heavy atom. The molecule has 0 amide bonds. The van der Waals surface area contributed by atoms with Crippen LogP contribution in [0, 0.1) is 0 Å². The zero-order valence-electron chi connectivity index (χ0n) is 11.4. The van der Waals surface area contributed by atoms with Crippen LogP contribution in [0.2, 0.25) is 10.2 Å². The molecule has 0 atom stereocenters. The summed E-state index contributed by atoms with van der Waals surface area (Å²) < 4.78 is 0. The van der Waals surface area contributed by atoms with Crippen LogP contribution < -0.4 is 11.1 Å². The molecule has 3 rings (SSSR count). The van der Waals surface area contributed by atoms with Crippen LogP contribution in [0.4, 0.5) is 17.5 Å². The SMILES string of the molecule is Nc1nc(Cl)cc(Nc2ccc(-c3ccc(Cl)cc3)cc2)n1. The van der Waals surface area contributed by atoms with Gasteiger partial charge in [0.1, 0.15) is 11.0 Å². The van der Waals surface area contributed by atoms with Crippen molar-refractivity contribution < 1.29 is 0 Å². The Morgan fingerprint density at radius 2 is 1.41 bits per heavy atom. The number of rotatable bonds is 3. The summed E-state index contributed by atoms with van der Waals surface area (Å²) in [6.07, 6.45) is 0. The van der Waals surface area contributed by atoms with E-state index in [9.17, 15) is 0 Å². The topological polar surface area (TPSA) is 63.8 Å². The van der Waals surface area contributed by atoms with Crippen molar-refractivity contribution in [1.82, 2.24) is 9.97 Å². The van der Waals surface area contributed by atoms with Crippen LogP contribution in [-0.4, -0.2) is 9.97 Å². The predicted octanol–water partition coefficient (Wildman–Crippen LogP) is 4.78. The lowest BCUT2D eigenvalue weighted by Crippen LogP contribution is -1.99. The smallest absolute Gasteiger partial charge is 0.223 e. The summed E-state index contributed by atoms with van der Waals surface area (Å²) in [5.74, 6) is 0.685. The molecule has 0 unspecified atom stereocenters.